The van der Waals surface area contributed by atoms with E-state index in [1.54, 1.807) is 0 Å². The standard InChI is InChI=1S/C6H12.CH4.V/c1-2-4-6-5-3-1;;/h1-6H2;1H4;. The van der Waals surface area contributed by atoms with Gasteiger partial charge in [-0.25, -0.2) is 0 Å². The van der Waals surface area contributed by atoms with Gasteiger partial charge in [0.2, 0.25) is 0 Å². The first kappa shape index (κ1) is 11.4. The molecule has 49 valence electrons. The van der Waals surface area contributed by atoms with E-state index in [0.717, 1.165) is 0 Å². The first-order valence-corrected chi connectivity index (χ1v) is 3.00. The second-order valence-corrected chi connectivity index (χ2v) is 2.12. The molecular formula is C7H16V. The van der Waals surface area contributed by atoms with Crippen molar-refractivity contribution in [2.75, 3.05) is 0 Å². The zero-order chi connectivity index (χ0) is 4.24. The Bertz CT molecular complexity index is 19.9. The predicted octanol–water partition coefficient (Wildman–Crippen LogP) is 2.97. The molecule has 0 amide bonds. The van der Waals surface area contributed by atoms with Gasteiger partial charge in [0.05, 0.1) is 0 Å². The van der Waals surface area contributed by atoms with E-state index in [0.29, 0.717) is 0 Å². The first-order chi connectivity index (χ1) is 3.00. The SMILES string of the molecule is C.C1CCCCC1.[V]. The number of hydrogen-bond acceptors (Lipinski definition) is 0. The Morgan fingerprint density at radius 1 is 0.500 bits per heavy atom. The van der Waals surface area contributed by atoms with Crippen LogP contribution < -0.4 is 0 Å². The second kappa shape index (κ2) is 7.58. The molecule has 0 aromatic carbocycles. The van der Waals surface area contributed by atoms with Gasteiger partial charge < -0.3 is 0 Å². The molecule has 0 saturated heterocycles. The fourth-order valence-corrected chi connectivity index (χ4v) is 1.06. The van der Waals surface area contributed by atoms with Crippen molar-refractivity contribution in [3.63, 3.8) is 0 Å². The molecule has 0 aromatic heterocycles. The topological polar surface area (TPSA) is 0 Å². The van der Waals surface area contributed by atoms with E-state index in [1.807, 2.05) is 0 Å². The first-order valence-electron chi connectivity index (χ1n) is 3.00. The molecule has 0 atom stereocenters. The fraction of sp³-hybridized carbons (Fsp3) is 1.00. The van der Waals surface area contributed by atoms with Gasteiger partial charge in [-0.05, 0) is 0 Å². The maximum absolute atomic E-state index is 1.50. The molecule has 1 rings (SSSR count). The number of rotatable bonds is 0. The summed E-state index contributed by atoms with van der Waals surface area (Å²) >= 11 is 0. The molecule has 1 heteroatoms. The monoisotopic (exact) mass is 151 g/mol. The van der Waals surface area contributed by atoms with E-state index in [1.165, 1.54) is 38.5 Å². The zero-order valence-corrected chi connectivity index (χ0v) is 6.09. The average molecular weight is 151 g/mol. The van der Waals surface area contributed by atoms with Crippen LogP contribution >= 0.6 is 0 Å². The van der Waals surface area contributed by atoms with Gasteiger partial charge in [0.15, 0.2) is 0 Å². The van der Waals surface area contributed by atoms with Crippen molar-refractivity contribution in [2.45, 2.75) is 46.0 Å². The quantitative estimate of drug-likeness (QED) is 0.499. The summed E-state index contributed by atoms with van der Waals surface area (Å²) in [6.45, 7) is 0. The van der Waals surface area contributed by atoms with Crippen LogP contribution in [-0.4, -0.2) is 0 Å². The number of hydrogen-bond donors (Lipinski definition) is 0. The molecule has 0 nitrogen and oxygen atoms in total. The molecule has 0 spiro atoms. The Balaban J connectivity index is 0. The molecule has 0 N–H and O–H groups in total. The summed E-state index contributed by atoms with van der Waals surface area (Å²) in [4.78, 5) is 0. The molecule has 1 aliphatic carbocycles. The second-order valence-electron chi connectivity index (χ2n) is 2.12. The Hall–Kier alpha value is 0.584. The maximum Gasteiger partial charge on any atom is 0 e. The van der Waals surface area contributed by atoms with Gasteiger partial charge in [-0.1, -0.05) is 46.0 Å². The van der Waals surface area contributed by atoms with E-state index >= 15 is 0 Å². The predicted molar refractivity (Wildman–Crippen MR) is 34.4 cm³/mol. The van der Waals surface area contributed by atoms with Crippen molar-refractivity contribution >= 4 is 0 Å². The maximum atomic E-state index is 1.50. The molecule has 0 aliphatic heterocycles. The van der Waals surface area contributed by atoms with E-state index in [4.69, 9.17) is 0 Å². The van der Waals surface area contributed by atoms with Crippen LogP contribution in [0.4, 0.5) is 0 Å². The van der Waals surface area contributed by atoms with Crippen molar-refractivity contribution in [1.82, 2.24) is 0 Å². The van der Waals surface area contributed by atoms with Crippen molar-refractivity contribution in [3.8, 4) is 0 Å². The van der Waals surface area contributed by atoms with E-state index in [9.17, 15) is 0 Å². The van der Waals surface area contributed by atoms with Crippen molar-refractivity contribution in [3.05, 3.63) is 0 Å². The molecule has 0 aromatic rings. The Morgan fingerprint density at radius 3 is 0.750 bits per heavy atom. The van der Waals surface area contributed by atoms with Crippen LogP contribution in [-0.2, 0) is 18.6 Å². The summed E-state index contributed by atoms with van der Waals surface area (Å²) in [5.41, 5.74) is 0. The Kier molecular flexibility index (Phi) is 10.8. The smallest absolute Gasteiger partial charge is 0 e. The van der Waals surface area contributed by atoms with Gasteiger partial charge in [0.25, 0.3) is 0 Å². The summed E-state index contributed by atoms with van der Waals surface area (Å²) in [5.74, 6) is 0. The van der Waals surface area contributed by atoms with Crippen LogP contribution in [0.3, 0.4) is 0 Å². The van der Waals surface area contributed by atoms with Crippen LogP contribution in [0.15, 0.2) is 0 Å². The fourth-order valence-electron chi connectivity index (χ4n) is 1.06. The molecule has 1 fully saturated rings. The minimum absolute atomic E-state index is 0. The Labute approximate surface area is 64.9 Å². The molecule has 8 heavy (non-hydrogen) atoms. The van der Waals surface area contributed by atoms with Crippen molar-refractivity contribution < 1.29 is 18.6 Å². The third-order valence-electron chi connectivity index (χ3n) is 1.50. The Morgan fingerprint density at radius 2 is 0.625 bits per heavy atom. The molecule has 0 unspecified atom stereocenters. The third-order valence-corrected chi connectivity index (χ3v) is 1.50. The van der Waals surface area contributed by atoms with Gasteiger partial charge in [-0.3, -0.25) is 0 Å². The molecule has 1 aliphatic rings. The average Bonchev–Trinajstić information content (AvgIpc) is 1.72. The summed E-state index contributed by atoms with van der Waals surface area (Å²) in [6.07, 6.45) is 9.00. The summed E-state index contributed by atoms with van der Waals surface area (Å²) < 4.78 is 0. The normalized spacial score (nSPS) is 18.0. The van der Waals surface area contributed by atoms with Gasteiger partial charge in [-0.15, -0.1) is 0 Å². The van der Waals surface area contributed by atoms with E-state index in [-0.39, 0.29) is 26.0 Å². The molecule has 0 heterocycles. The van der Waals surface area contributed by atoms with Gasteiger partial charge in [0, 0.05) is 18.6 Å². The molecule has 1 saturated carbocycles. The van der Waals surface area contributed by atoms with E-state index in [2.05, 4.69) is 0 Å². The van der Waals surface area contributed by atoms with Crippen LogP contribution in [0.1, 0.15) is 46.0 Å². The largest absolute Gasteiger partial charge is 0.0776 e. The molecular weight excluding hydrogens is 135 g/mol. The summed E-state index contributed by atoms with van der Waals surface area (Å²) in [6, 6.07) is 0. The molecule has 0 bridgehead atoms. The van der Waals surface area contributed by atoms with E-state index < -0.39 is 0 Å². The summed E-state index contributed by atoms with van der Waals surface area (Å²) in [5, 5.41) is 0. The van der Waals surface area contributed by atoms with Crippen LogP contribution in [0.25, 0.3) is 0 Å². The van der Waals surface area contributed by atoms with Crippen molar-refractivity contribution in [1.29, 1.82) is 0 Å². The van der Waals surface area contributed by atoms with Crippen LogP contribution in [0.2, 0.25) is 0 Å². The zero-order valence-electron chi connectivity index (χ0n) is 4.69. The third kappa shape index (κ3) is 4.74. The minimum atomic E-state index is 0. The van der Waals surface area contributed by atoms with Crippen LogP contribution in [0.5, 0.6) is 0 Å². The minimum Gasteiger partial charge on any atom is -0.0776 e. The van der Waals surface area contributed by atoms with Gasteiger partial charge in [-0.2, -0.15) is 0 Å². The van der Waals surface area contributed by atoms with Crippen LogP contribution in [0, 0.1) is 0 Å². The van der Waals surface area contributed by atoms with Gasteiger partial charge in [0.1, 0.15) is 0 Å². The van der Waals surface area contributed by atoms with Crippen molar-refractivity contribution in [2.24, 2.45) is 0 Å². The summed E-state index contributed by atoms with van der Waals surface area (Å²) in [7, 11) is 0. The van der Waals surface area contributed by atoms with Gasteiger partial charge >= 0.3 is 0 Å². The molecule has 1 radical (unpaired) electrons.